The molecule has 0 bridgehead atoms. The number of azide groups is 1. The number of rotatable bonds is 2. The molecule has 0 saturated carbocycles. The Kier molecular flexibility index (Phi) is 2.64. The largest absolute Gasteiger partial charge is 0.492 e. The molecule has 0 aromatic heterocycles. The topological polar surface area (TPSA) is 78.2 Å². The van der Waals surface area contributed by atoms with Crippen LogP contribution in [-0.4, -0.2) is 18.7 Å². The Bertz CT molecular complexity index is 473. The van der Waals surface area contributed by atoms with Crippen LogP contribution in [0, 0.1) is 6.92 Å². The fourth-order valence-corrected chi connectivity index (χ4v) is 2.13. The van der Waals surface area contributed by atoms with Gasteiger partial charge in [0.05, 0.1) is 12.1 Å². The van der Waals surface area contributed by atoms with Crippen molar-refractivity contribution in [3.8, 4) is 0 Å². The molecule has 1 N–H and O–H groups in total. The third-order valence-corrected chi connectivity index (χ3v) is 2.95. The predicted molar refractivity (Wildman–Crippen MR) is 61.2 cm³/mol. The number of aryl methyl sites for hydroxylation is 1. The third kappa shape index (κ3) is 1.57. The maximum Gasteiger partial charge on any atom is 0.492 e. The molecule has 1 aliphatic rings. The summed E-state index contributed by atoms with van der Waals surface area (Å²) in [5, 5.41) is 13.4. The molecule has 16 heavy (non-hydrogen) atoms. The molecule has 0 amide bonds. The lowest BCUT2D eigenvalue weighted by Crippen LogP contribution is -2.31. The second-order valence-electron chi connectivity index (χ2n) is 4.13. The highest BCUT2D eigenvalue weighted by Crippen LogP contribution is 2.31. The SMILES string of the molecule is Cc1cccc2c1B(O)O[C@]2(C)CN=[N+]=[N-]. The van der Waals surface area contributed by atoms with E-state index in [1.165, 1.54) is 0 Å². The van der Waals surface area contributed by atoms with Crippen LogP contribution in [0.25, 0.3) is 10.4 Å². The van der Waals surface area contributed by atoms with Gasteiger partial charge in [-0.25, -0.2) is 0 Å². The Balaban J connectivity index is 2.50. The fourth-order valence-electron chi connectivity index (χ4n) is 2.13. The van der Waals surface area contributed by atoms with Crippen molar-refractivity contribution in [3.05, 3.63) is 39.8 Å². The van der Waals surface area contributed by atoms with Gasteiger partial charge in [-0.05, 0) is 30.4 Å². The van der Waals surface area contributed by atoms with Gasteiger partial charge in [0.15, 0.2) is 0 Å². The summed E-state index contributed by atoms with van der Waals surface area (Å²) in [6.07, 6.45) is 0. The number of hydrogen-bond donors (Lipinski definition) is 1. The van der Waals surface area contributed by atoms with Crippen LogP contribution in [0.3, 0.4) is 0 Å². The molecule has 0 spiro atoms. The minimum Gasteiger partial charge on any atom is -0.423 e. The van der Waals surface area contributed by atoms with Crippen LogP contribution in [0.2, 0.25) is 0 Å². The second-order valence-corrected chi connectivity index (χ2v) is 4.13. The first-order valence-corrected chi connectivity index (χ1v) is 5.05. The van der Waals surface area contributed by atoms with Crippen molar-refractivity contribution in [1.29, 1.82) is 0 Å². The molecule has 1 aromatic carbocycles. The first-order chi connectivity index (χ1) is 7.58. The van der Waals surface area contributed by atoms with E-state index in [1.807, 2.05) is 32.0 Å². The van der Waals surface area contributed by atoms with Crippen molar-refractivity contribution in [1.82, 2.24) is 0 Å². The van der Waals surface area contributed by atoms with Gasteiger partial charge in [0, 0.05) is 4.91 Å². The zero-order valence-electron chi connectivity index (χ0n) is 9.21. The standard InChI is InChI=1S/C10H12BN3O2/c1-7-4-3-5-8-9(7)11(15)16-10(8,2)6-13-14-12/h3-5,15H,6H2,1-2H3/t10-/m1/s1. The zero-order valence-corrected chi connectivity index (χ0v) is 9.21. The first-order valence-electron chi connectivity index (χ1n) is 5.05. The summed E-state index contributed by atoms with van der Waals surface area (Å²) in [4.78, 5) is 2.73. The van der Waals surface area contributed by atoms with Crippen LogP contribution in [0.5, 0.6) is 0 Å². The number of nitrogens with zero attached hydrogens (tertiary/aromatic N) is 3. The van der Waals surface area contributed by atoms with E-state index in [4.69, 9.17) is 10.2 Å². The number of hydrogen-bond acceptors (Lipinski definition) is 3. The smallest absolute Gasteiger partial charge is 0.423 e. The van der Waals surface area contributed by atoms with E-state index >= 15 is 0 Å². The van der Waals surface area contributed by atoms with Crippen molar-refractivity contribution in [3.63, 3.8) is 0 Å². The molecule has 0 aliphatic carbocycles. The van der Waals surface area contributed by atoms with Gasteiger partial charge >= 0.3 is 7.12 Å². The molecule has 0 radical (unpaired) electrons. The van der Waals surface area contributed by atoms with Gasteiger partial charge in [0.1, 0.15) is 0 Å². The summed E-state index contributed by atoms with van der Waals surface area (Å²) in [5.74, 6) is 0. The molecule has 1 heterocycles. The molecule has 0 fully saturated rings. The molecular formula is C10H12BN3O2. The van der Waals surface area contributed by atoms with Crippen molar-refractivity contribution in [2.75, 3.05) is 6.54 Å². The normalized spacial score (nSPS) is 22.8. The van der Waals surface area contributed by atoms with Crippen LogP contribution in [0.4, 0.5) is 0 Å². The minimum absolute atomic E-state index is 0.178. The zero-order chi connectivity index (χ0) is 11.8. The lowest BCUT2D eigenvalue weighted by atomic mass is 9.75. The monoisotopic (exact) mass is 217 g/mol. The maximum atomic E-state index is 9.84. The van der Waals surface area contributed by atoms with Crippen molar-refractivity contribution >= 4 is 12.6 Å². The molecule has 1 aliphatic heterocycles. The van der Waals surface area contributed by atoms with E-state index in [9.17, 15) is 5.02 Å². The third-order valence-electron chi connectivity index (χ3n) is 2.95. The maximum absolute atomic E-state index is 9.84. The average molecular weight is 217 g/mol. The molecule has 0 unspecified atom stereocenters. The van der Waals surface area contributed by atoms with Gasteiger partial charge < -0.3 is 9.68 Å². The van der Waals surface area contributed by atoms with Gasteiger partial charge in [-0.3, -0.25) is 0 Å². The summed E-state index contributed by atoms with van der Waals surface area (Å²) < 4.78 is 5.49. The van der Waals surface area contributed by atoms with E-state index in [-0.39, 0.29) is 6.54 Å². The molecule has 6 heteroatoms. The molecular weight excluding hydrogens is 205 g/mol. The Hall–Kier alpha value is -1.49. The van der Waals surface area contributed by atoms with Crippen LogP contribution in [-0.2, 0) is 10.3 Å². The van der Waals surface area contributed by atoms with E-state index in [0.717, 1.165) is 16.6 Å². The van der Waals surface area contributed by atoms with E-state index < -0.39 is 12.7 Å². The Morgan fingerprint density at radius 2 is 2.38 bits per heavy atom. The minimum atomic E-state index is -0.935. The summed E-state index contributed by atoms with van der Waals surface area (Å²) in [6.45, 7) is 3.91. The first kappa shape index (κ1) is 11.0. The molecule has 1 atom stereocenters. The van der Waals surface area contributed by atoms with Gasteiger partial charge in [-0.1, -0.05) is 28.9 Å². The van der Waals surface area contributed by atoms with Crippen LogP contribution in [0.1, 0.15) is 18.1 Å². The Morgan fingerprint density at radius 3 is 3.06 bits per heavy atom. The predicted octanol–water partition coefficient (Wildman–Crippen LogP) is 1.24. The van der Waals surface area contributed by atoms with Crippen molar-refractivity contribution < 1.29 is 9.68 Å². The summed E-state index contributed by atoms with van der Waals surface area (Å²) in [6, 6.07) is 5.72. The molecule has 82 valence electrons. The Labute approximate surface area is 93.8 Å². The average Bonchev–Trinajstić information content (AvgIpc) is 2.50. The van der Waals surface area contributed by atoms with Crippen molar-refractivity contribution in [2.24, 2.45) is 5.11 Å². The Morgan fingerprint density at radius 1 is 1.62 bits per heavy atom. The van der Waals surface area contributed by atoms with Crippen LogP contribution >= 0.6 is 0 Å². The molecule has 2 rings (SSSR count). The summed E-state index contributed by atoms with van der Waals surface area (Å²) in [7, 11) is -0.935. The second kappa shape index (κ2) is 3.83. The van der Waals surface area contributed by atoms with Crippen molar-refractivity contribution in [2.45, 2.75) is 19.4 Å². The highest BCUT2D eigenvalue weighted by Gasteiger charge is 2.43. The molecule has 0 saturated heterocycles. The lowest BCUT2D eigenvalue weighted by Gasteiger charge is -2.23. The highest BCUT2D eigenvalue weighted by atomic mass is 16.5. The quantitative estimate of drug-likeness (QED) is 0.350. The van der Waals surface area contributed by atoms with Crippen LogP contribution < -0.4 is 5.46 Å². The summed E-state index contributed by atoms with van der Waals surface area (Å²) >= 11 is 0. The van der Waals surface area contributed by atoms with E-state index in [0.29, 0.717) is 0 Å². The number of fused-ring (bicyclic) bond motifs is 1. The number of benzene rings is 1. The van der Waals surface area contributed by atoms with Crippen LogP contribution in [0.15, 0.2) is 23.3 Å². The van der Waals surface area contributed by atoms with Gasteiger partial charge in [-0.15, -0.1) is 0 Å². The molecule has 5 nitrogen and oxygen atoms in total. The van der Waals surface area contributed by atoms with E-state index in [2.05, 4.69) is 10.0 Å². The van der Waals surface area contributed by atoms with Gasteiger partial charge in [0.25, 0.3) is 0 Å². The van der Waals surface area contributed by atoms with Gasteiger partial charge in [-0.2, -0.15) is 0 Å². The molecule has 1 aromatic rings. The van der Waals surface area contributed by atoms with E-state index in [1.54, 1.807) is 0 Å². The van der Waals surface area contributed by atoms with Gasteiger partial charge in [0.2, 0.25) is 0 Å². The lowest BCUT2D eigenvalue weighted by molar-refractivity contribution is 0.0894. The highest BCUT2D eigenvalue weighted by molar-refractivity contribution is 6.62. The summed E-state index contributed by atoms with van der Waals surface area (Å²) in [5.41, 5.74) is 10.3. The fraction of sp³-hybridized carbons (Fsp3) is 0.400.